The summed E-state index contributed by atoms with van der Waals surface area (Å²) in [5, 5.41) is 10.4. The van der Waals surface area contributed by atoms with Crippen molar-refractivity contribution >= 4 is 27.8 Å². The first kappa shape index (κ1) is 13.9. The smallest absolute Gasteiger partial charge is 0.323 e. The van der Waals surface area contributed by atoms with Crippen LogP contribution in [0, 0.1) is 0 Å². The summed E-state index contributed by atoms with van der Waals surface area (Å²) in [6.45, 7) is 1.46. The Balaban J connectivity index is 1.74. The largest absolute Gasteiger partial charge is 0.491 e. The molecule has 0 radical (unpaired) electrons. The fourth-order valence-corrected chi connectivity index (χ4v) is 2.45. The fourth-order valence-electron chi connectivity index (χ4n) is 2.11. The minimum atomic E-state index is -0.213. The third kappa shape index (κ3) is 3.15. The first-order chi connectivity index (χ1) is 10.1. The molecule has 0 fully saturated rings. The van der Waals surface area contributed by atoms with Gasteiger partial charge in [-0.05, 0) is 12.1 Å². The molecule has 7 nitrogen and oxygen atoms in total. The van der Waals surface area contributed by atoms with Gasteiger partial charge in [-0.3, -0.25) is 10.00 Å². The van der Waals surface area contributed by atoms with Crippen molar-refractivity contribution in [2.45, 2.75) is 6.54 Å². The first-order valence-corrected chi connectivity index (χ1v) is 7.24. The second-order valence-electron chi connectivity index (χ2n) is 4.73. The lowest BCUT2D eigenvalue weighted by molar-refractivity contribution is 0.200. The lowest BCUT2D eigenvalue weighted by Crippen LogP contribution is -2.36. The molecule has 0 saturated carbocycles. The number of hydrogen-bond acceptors (Lipinski definition) is 4. The highest BCUT2D eigenvalue weighted by Gasteiger charge is 2.20. The summed E-state index contributed by atoms with van der Waals surface area (Å²) >= 11 is 3.42. The number of urea groups is 1. The van der Waals surface area contributed by atoms with E-state index in [9.17, 15) is 4.79 Å². The number of carbonyl (C=O) groups excluding carboxylic acids is 1. The van der Waals surface area contributed by atoms with Crippen molar-refractivity contribution < 1.29 is 9.53 Å². The zero-order valence-corrected chi connectivity index (χ0v) is 13.0. The topological polar surface area (TPSA) is 72.3 Å². The number of aryl methyl sites for hydroxylation is 1. The first-order valence-electron chi connectivity index (χ1n) is 6.45. The molecule has 1 aliphatic heterocycles. The lowest BCUT2D eigenvalue weighted by atomic mass is 10.2. The van der Waals surface area contributed by atoms with Crippen LogP contribution in [0.1, 0.15) is 5.56 Å². The van der Waals surface area contributed by atoms with Crippen molar-refractivity contribution in [2.24, 2.45) is 7.05 Å². The lowest BCUT2D eigenvalue weighted by Gasteiger charge is -2.19. The number of halogens is 1. The molecular weight excluding hydrogens is 338 g/mol. The number of anilines is 1. The van der Waals surface area contributed by atoms with Gasteiger partial charge >= 0.3 is 6.03 Å². The highest BCUT2D eigenvalue weighted by Crippen LogP contribution is 2.27. The highest BCUT2D eigenvalue weighted by molar-refractivity contribution is 9.10. The Hall–Kier alpha value is -2.09. The number of hydrogen-bond donors (Lipinski definition) is 1. The van der Waals surface area contributed by atoms with E-state index in [2.05, 4.69) is 31.6 Å². The SMILES string of the molecule is Cn1cc(NC(=O)N2CCOc3cc(Br)ccc3C2)nn1. The zero-order chi connectivity index (χ0) is 14.8. The van der Waals surface area contributed by atoms with Gasteiger partial charge in [0.1, 0.15) is 12.4 Å². The Morgan fingerprint density at radius 1 is 1.48 bits per heavy atom. The molecule has 1 aliphatic rings. The molecule has 110 valence electrons. The standard InChI is InChI=1S/C13H14BrN5O2/c1-18-8-12(16-17-18)15-13(20)19-4-5-21-11-6-10(14)3-2-9(11)7-19/h2-3,6,8H,4-5,7H2,1H3,(H,15,20). The number of nitrogens with zero attached hydrogens (tertiary/aromatic N) is 4. The van der Waals surface area contributed by atoms with E-state index in [1.165, 1.54) is 4.68 Å². The van der Waals surface area contributed by atoms with E-state index in [4.69, 9.17) is 4.74 Å². The van der Waals surface area contributed by atoms with Gasteiger partial charge < -0.3 is 9.64 Å². The van der Waals surface area contributed by atoms with Crippen LogP contribution in [0.25, 0.3) is 0 Å². The number of fused-ring (bicyclic) bond motifs is 1. The normalized spacial score (nSPS) is 14.1. The average molecular weight is 352 g/mol. The minimum Gasteiger partial charge on any atom is -0.491 e. The summed E-state index contributed by atoms with van der Waals surface area (Å²) in [6.07, 6.45) is 1.65. The molecule has 8 heteroatoms. The summed E-state index contributed by atoms with van der Waals surface area (Å²) in [7, 11) is 1.75. The predicted octanol–water partition coefficient (Wildman–Crippen LogP) is 2.00. The monoisotopic (exact) mass is 351 g/mol. The predicted molar refractivity (Wildman–Crippen MR) is 80.1 cm³/mol. The number of carbonyl (C=O) groups is 1. The number of ether oxygens (including phenoxy) is 1. The van der Waals surface area contributed by atoms with Crippen LogP contribution in [0.4, 0.5) is 10.6 Å². The van der Waals surface area contributed by atoms with Gasteiger partial charge in [-0.1, -0.05) is 27.2 Å². The van der Waals surface area contributed by atoms with Crippen molar-refractivity contribution in [3.63, 3.8) is 0 Å². The second kappa shape index (κ2) is 5.72. The molecule has 0 aliphatic carbocycles. The van der Waals surface area contributed by atoms with Crippen LogP contribution < -0.4 is 10.1 Å². The summed E-state index contributed by atoms with van der Waals surface area (Å²) in [5.41, 5.74) is 0.977. The fraction of sp³-hybridized carbons (Fsp3) is 0.308. The molecule has 2 heterocycles. The second-order valence-corrected chi connectivity index (χ2v) is 5.65. The Morgan fingerprint density at radius 3 is 3.10 bits per heavy atom. The molecule has 2 amide bonds. The number of aromatic nitrogens is 3. The molecule has 0 saturated heterocycles. The van der Waals surface area contributed by atoms with Crippen LogP contribution in [0.5, 0.6) is 5.75 Å². The van der Waals surface area contributed by atoms with E-state index < -0.39 is 0 Å². The van der Waals surface area contributed by atoms with Crippen molar-refractivity contribution in [1.82, 2.24) is 19.9 Å². The van der Waals surface area contributed by atoms with E-state index in [1.54, 1.807) is 18.1 Å². The van der Waals surface area contributed by atoms with Gasteiger partial charge in [-0.2, -0.15) is 0 Å². The van der Waals surface area contributed by atoms with E-state index in [0.717, 1.165) is 15.8 Å². The molecule has 21 heavy (non-hydrogen) atoms. The molecule has 3 rings (SSSR count). The average Bonchev–Trinajstić information content (AvgIpc) is 2.73. The molecular formula is C13H14BrN5O2. The maximum Gasteiger partial charge on any atom is 0.323 e. The van der Waals surface area contributed by atoms with Gasteiger partial charge in [0, 0.05) is 17.1 Å². The minimum absolute atomic E-state index is 0.213. The van der Waals surface area contributed by atoms with Crippen molar-refractivity contribution in [1.29, 1.82) is 0 Å². The Kier molecular flexibility index (Phi) is 3.78. The number of benzene rings is 1. The maximum atomic E-state index is 12.3. The third-order valence-corrected chi connectivity index (χ3v) is 3.63. The quantitative estimate of drug-likeness (QED) is 0.852. The van der Waals surface area contributed by atoms with Crippen molar-refractivity contribution in [2.75, 3.05) is 18.5 Å². The van der Waals surface area contributed by atoms with E-state index in [-0.39, 0.29) is 6.03 Å². The van der Waals surface area contributed by atoms with Crippen molar-refractivity contribution in [3.05, 3.63) is 34.4 Å². The maximum absolute atomic E-state index is 12.3. The molecule has 0 spiro atoms. The summed E-state index contributed by atoms with van der Waals surface area (Å²) in [5.74, 6) is 1.24. The number of amides is 2. The van der Waals surface area contributed by atoms with Crippen LogP contribution in [0.3, 0.4) is 0 Å². The van der Waals surface area contributed by atoms with Gasteiger partial charge in [-0.15, -0.1) is 5.10 Å². The van der Waals surface area contributed by atoms with Crippen LogP contribution in [-0.4, -0.2) is 39.1 Å². The van der Waals surface area contributed by atoms with Crippen LogP contribution in [-0.2, 0) is 13.6 Å². The number of rotatable bonds is 1. The van der Waals surface area contributed by atoms with E-state index in [0.29, 0.717) is 25.5 Å². The van der Waals surface area contributed by atoms with Gasteiger partial charge in [0.05, 0.1) is 19.3 Å². The molecule has 1 aromatic heterocycles. The third-order valence-electron chi connectivity index (χ3n) is 3.13. The Morgan fingerprint density at radius 2 is 2.33 bits per heavy atom. The van der Waals surface area contributed by atoms with E-state index in [1.807, 2.05) is 18.2 Å². The Labute approximate surface area is 130 Å². The molecule has 0 bridgehead atoms. The van der Waals surface area contributed by atoms with Gasteiger partial charge in [0.2, 0.25) is 0 Å². The number of nitrogens with one attached hydrogen (secondary N) is 1. The van der Waals surface area contributed by atoms with Crippen LogP contribution >= 0.6 is 15.9 Å². The van der Waals surface area contributed by atoms with Crippen LogP contribution in [0.15, 0.2) is 28.9 Å². The van der Waals surface area contributed by atoms with E-state index >= 15 is 0 Å². The molecule has 1 aromatic carbocycles. The van der Waals surface area contributed by atoms with Crippen molar-refractivity contribution in [3.8, 4) is 5.75 Å². The summed E-state index contributed by atoms with van der Waals surface area (Å²) in [4.78, 5) is 14.0. The molecule has 0 atom stereocenters. The van der Waals surface area contributed by atoms with Gasteiger partial charge in [0.15, 0.2) is 5.82 Å². The molecule has 2 aromatic rings. The van der Waals surface area contributed by atoms with Crippen LogP contribution in [0.2, 0.25) is 0 Å². The molecule has 1 N–H and O–H groups in total. The summed E-state index contributed by atoms with van der Waals surface area (Å²) < 4.78 is 8.17. The molecule has 0 unspecified atom stereocenters. The Bertz CT molecular complexity index is 672. The zero-order valence-electron chi connectivity index (χ0n) is 11.4. The van der Waals surface area contributed by atoms with Gasteiger partial charge in [0.25, 0.3) is 0 Å². The summed E-state index contributed by atoms with van der Waals surface area (Å²) in [6, 6.07) is 5.59. The van der Waals surface area contributed by atoms with Gasteiger partial charge in [-0.25, -0.2) is 4.79 Å². The highest BCUT2D eigenvalue weighted by atomic mass is 79.9.